The fraction of sp³-hybridized carbons (Fsp3) is 0.278. The highest BCUT2D eigenvalue weighted by molar-refractivity contribution is 5.95. The molecule has 0 N–H and O–H groups in total. The Morgan fingerprint density at radius 1 is 1.30 bits per heavy atom. The molecule has 0 fully saturated rings. The molecule has 4 rings (SSSR count). The Labute approximate surface area is 134 Å². The quantitative estimate of drug-likeness (QED) is 0.731. The van der Waals surface area contributed by atoms with Gasteiger partial charge in [-0.2, -0.15) is 0 Å². The fourth-order valence-electron chi connectivity index (χ4n) is 3.43. The third kappa shape index (κ3) is 2.38. The van der Waals surface area contributed by atoms with Crippen LogP contribution in [0.25, 0.3) is 5.65 Å². The van der Waals surface area contributed by atoms with Crippen molar-refractivity contribution < 1.29 is 4.79 Å². The molecule has 1 aliphatic rings. The number of rotatable bonds is 2. The summed E-state index contributed by atoms with van der Waals surface area (Å²) in [7, 11) is 1.89. The number of nitrogens with zero attached hydrogens (tertiary/aromatic N) is 4. The van der Waals surface area contributed by atoms with E-state index in [4.69, 9.17) is 0 Å². The van der Waals surface area contributed by atoms with Gasteiger partial charge in [0.2, 0.25) is 0 Å². The van der Waals surface area contributed by atoms with Crippen LogP contribution in [0.4, 0.5) is 0 Å². The van der Waals surface area contributed by atoms with E-state index in [-0.39, 0.29) is 11.9 Å². The molecule has 0 aliphatic heterocycles. The lowest BCUT2D eigenvalue weighted by molar-refractivity contribution is 0.0715. The Morgan fingerprint density at radius 2 is 2.17 bits per heavy atom. The molecule has 0 spiro atoms. The lowest BCUT2D eigenvalue weighted by Gasteiger charge is -2.33. The van der Waals surface area contributed by atoms with Gasteiger partial charge in [-0.3, -0.25) is 9.20 Å². The highest BCUT2D eigenvalue weighted by atomic mass is 16.2. The van der Waals surface area contributed by atoms with Gasteiger partial charge in [0.15, 0.2) is 5.65 Å². The standard InChI is InChI=1S/C18H18N4O/c1-21(16-8-4-6-13-5-2-3-7-15(13)16)18(23)14-9-10-22-12-19-20-17(22)11-14/h2-3,5,7,9-12,16H,4,6,8H2,1H3. The van der Waals surface area contributed by atoms with E-state index < -0.39 is 0 Å². The lowest BCUT2D eigenvalue weighted by atomic mass is 9.87. The summed E-state index contributed by atoms with van der Waals surface area (Å²) in [5.41, 5.74) is 3.97. The number of carbonyl (C=O) groups is 1. The number of benzene rings is 1. The van der Waals surface area contributed by atoms with Crippen molar-refractivity contribution >= 4 is 11.6 Å². The minimum atomic E-state index is 0.0252. The largest absolute Gasteiger partial charge is 0.335 e. The summed E-state index contributed by atoms with van der Waals surface area (Å²) in [6, 6.07) is 12.2. The zero-order valence-electron chi connectivity index (χ0n) is 13.0. The van der Waals surface area contributed by atoms with Gasteiger partial charge in [0.25, 0.3) is 5.91 Å². The van der Waals surface area contributed by atoms with Gasteiger partial charge in [0.05, 0.1) is 6.04 Å². The van der Waals surface area contributed by atoms with Crippen LogP contribution in [-0.2, 0) is 6.42 Å². The van der Waals surface area contributed by atoms with E-state index in [0.717, 1.165) is 19.3 Å². The predicted molar refractivity (Wildman–Crippen MR) is 87.2 cm³/mol. The summed E-state index contributed by atoms with van der Waals surface area (Å²) in [5, 5.41) is 7.87. The molecule has 0 bridgehead atoms. The number of aryl methyl sites for hydroxylation is 1. The van der Waals surface area contributed by atoms with Crippen molar-refractivity contribution in [3.63, 3.8) is 0 Å². The van der Waals surface area contributed by atoms with Crippen LogP contribution in [0.2, 0.25) is 0 Å². The van der Waals surface area contributed by atoms with Crippen LogP contribution >= 0.6 is 0 Å². The van der Waals surface area contributed by atoms with Gasteiger partial charge >= 0.3 is 0 Å². The predicted octanol–water partition coefficient (Wildman–Crippen LogP) is 2.88. The average Bonchev–Trinajstić information content (AvgIpc) is 3.07. The van der Waals surface area contributed by atoms with E-state index in [2.05, 4.69) is 34.5 Å². The van der Waals surface area contributed by atoms with Crippen molar-refractivity contribution in [1.29, 1.82) is 0 Å². The molecule has 1 aliphatic carbocycles. The normalized spacial score (nSPS) is 17.0. The molecule has 116 valence electrons. The molecule has 0 saturated carbocycles. The van der Waals surface area contributed by atoms with E-state index in [1.165, 1.54) is 11.1 Å². The molecular weight excluding hydrogens is 288 g/mol. The first-order chi connectivity index (χ1) is 11.2. The minimum Gasteiger partial charge on any atom is -0.335 e. The van der Waals surface area contributed by atoms with Gasteiger partial charge in [-0.15, -0.1) is 10.2 Å². The van der Waals surface area contributed by atoms with Gasteiger partial charge in [0, 0.05) is 18.8 Å². The summed E-state index contributed by atoms with van der Waals surface area (Å²) < 4.78 is 1.80. The van der Waals surface area contributed by atoms with Crippen molar-refractivity contribution in [2.75, 3.05) is 7.05 Å². The van der Waals surface area contributed by atoms with Crippen LogP contribution in [0.5, 0.6) is 0 Å². The van der Waals surface area contributed by atoms with Gasteiger partial charge in [-0.25, -0.2) is 0 Å². The number of pyridine rings is 1. The molecule has 0 radical (unpaired) electrons. The maximum atomic E-state index is 12.9. The fourth-order valence-corrected chi connectivity index (χ4v) is 3.43. The maximum absolute atomic E-state index is 12.9. The highest BCUT2D eigenvalue weighted by Crippen LogP contribution is 2.34. The lowest BCUT2D eigenvalue weighted by Crippen LogP contribution is -2.33. The molecule has 3 aromatic rings. The first-order valence-corrected chi connectivity index (χ1v) is 7.88. The Bertz CT molecular complexity index is 870. The molecule has 1 atom stereocenters. The smallest absolute Gasteiger partial charge is 0.254 e. The summed E-state index contributed by atoms with van der Waals surface area (Å²) in [6.07, 6.45) is 6.67. The van der Waals surface area contributed by atoms with E-state index in [0.29, 0.717) is 11.2 Å². The number of amides is 1. The SMILES string of the molecule is CN(C(=O)c1ccn2cnnc2c1)C1CCCc2ccccc21. The van der Waals surface area contributed by atoms with Crippen LogP contribution in [0, 0.1) is 0 Å². The van der Waals surface area contributed by atoms with Gasteiger partial charge in [-0.05, 0) is 42.5 Å². The van der Waals surface area contributed by atoms with Crippen LogP contribution in [0.3, 0.4) is 0 Å². The van der Waals surface area contributed by atoms with Crippen molar-refractivity contribution in [2.24, 2.45) is 0 Å². The Balaban J connectivity index is 1.66. The number of aromatic nitrogens is 3. The number of fused-ring (bicyclic) bond motifs is 2. The topological polar surface area (TPSA) is 50.5 Å². The maximum Gasteiger partial charge on any atom is 0.254 e. The molecular formula is C18H18N4O. The van der Waals surface area contributed by atoms with Crippen molar-refractivity contribution in [2.45, 2.75) is 25.3 Å². The first kappa shape index (κ1) is 13.9. The summed E-state index contributed by atoms with van der Waals surface area (Å²) in [6.45, 7) is 0. The molecule has 1 amide bonds. The van der Waals surface area contributed by atoms with Crippen LogP contribution in [0.15, 0.2) is 48.9 Å². The second-order valence-electron chi connectivity index (χ2n) is 6.03. The monoisotopic (exact) mass is 306 g/mol. The van der Waals surface area contributed by atoms with Crippen LogP contribution < -0.4 is 0 Å². The molecule has 5 nitrogen and oxygen atoms in total. The second kappa shape index (κ2) is 5.50. The molecule has 23 heavy (non-hydrogen) atoms. The minimum absolute atomic E-state index is 0.0252. The molecule has 2 aromatic heterocycles. The van der Waals surface area contributed by atoms with E-state index >= 15 is 0 Å². The van der Waals surface area contributed by atoms with Gasteiger partial charge in [0.1, 0.15) is 6.33 Å². The second-order valence-corrected chi connectivity index (χ2v) is 6.03. The summed E-state index contributed by atoms with van der Waals surface area (Å²) in [4.78, 5) is 14.7. The van der Waals surface area contributed by atoms with Crippen LogP contribution in [-0.4, -0.2) is 32.5 Å². The van der Waals surface area contributed by atoms with Gasteiger partial charge in [-0.1, -0.05) is 24.3 Å². The molecule has 2 heterocycles. The average molecular weight is 306 g/mol. The Kier molecular flexibility index (Phi) is 3.33. The highest BCUT2D eigenvalue weighted by Gasteiger charge is 2.27. The molecule has 1 aromatic carbocycles. The van der Waals surface area contributed by atoms with Gasteiger partial charge < -0.3 is 4.90 Å². The van der Waals surface area contributed by atoms with Crippen LogP contribution in [0.1, 0.15) is 40.4 Å². The van der Waals surface area contributed by atoms with E-state index in [1.807, 2.05) is 24.2 Å². The Morgan fingerprint density at radius 3 is 3.09 bits per heavy atom. The molecule has 1 unspecified atom stereocenters. The third-order valence-corrected chi connectivity index (χ3v) is 4.67. The zero-order chi connectivity index (χ0) is 15.8. The van der Waals surface area contributed by atoms with Crippen molar-refractivity contribution in [3.8, 4) is 0 Å². The first-order valence-electron chi connectivity index (χ1n) is 7.88. The third-order valence-electron chi connectivity index (χ3n) is 4.67. The molecule has 5 heteroatoms. The van der Waals surface area contributed by atoms with E-state index in [1.54, 1.807) is 16.8 Å². The summed E-state index contributed by atoms with van der Waals surface area (Å²) >= 11 is 0. The number of carbonyl (C=O) groups excluding carboxylic acids is 1. The van der Waals surface area contributed by atoms with E-state index in [9.17, 15) is 4.79 Å². The summed E-state index contributed by atoms with van der Waals surface area (Å²) in [5.74, 6) is 0.0252. The Hall–Kier alpha value is -2.69. The molecule has 0 saturated heterocycles. The number of hydrogen-bond acceptors (Lipinski definition) is 3. The number of hydrogen-bond donors (Lipinski definition) is 0. The van der Waals surface area contributed by atoms with Crippen molar-refractivity contribution in [1.82, 2.24) is 19.5 Å². The van der Waals surface area contributed by atoms with Crippen molar-refractivity contribution in [3.05, 3.63) is 65.6 Å². The zero-order valence-corrected chi connectivity index (χ0v) is 13.0.